The molecule has 0 atom stereocenters. The van der Waals surface area contributed by atoms with Crippen molar-refractivity contribution in [1.82, 2.24) is 0 Å². The third-order valence-corrected chi connectivity index (χ3v) is 6.42. The van der Waals surface area contributed by atoms with E-state index in [0.29, 0.717) is 23.4 Å². The number of hydrogen-bond acceptors (Lipinski definition) is 7. The van der Waals surface area contributed by atoms with Crippen molar-refractivity contribution in [2.24, 2.45) is 10.4 Å². The van der Waals surface area contributed by atoms with Gasteiger partial charge < -0.3 is 9.84 Å². The number of carbonyl (C=O) groups is 2. The van der Waals surface area contributed by atoms with Crippen LogP contribution in [-0.4, -0.2) is 29.7 Å². The van der Waals surface area contributed by atoms with Crippen LogP contribution in [0.3, 0.4) is 0 Å². The Kier molecular flexibility index (Phi) is 5.86. The molecule has 7 heteroatoms. The minimum atomic E-state index is -0.434. The Bertz CT molecular complexity index is 965. The molecule has 1 aliphatic carbocycles. The molecule has 148 valence electrons. The van der Waals surface area contributed by atoms with Gasteiger partial charge in [-0.3, -0.25) is 4.79 Å². The van der Waals surface area contributed by atoms with Crippen LogP contribution in [0.15, 0.2) is 33.8 Å². The van der Waals surface area contributed by atoms with Crippen LogP contribution in [-0.2, 0) is 9.53 Å². The van der Waals surface area contributed by atoms with Gasteiger partial charge in [-0.1, -0.05) is 19.9 Å². The molecule has 0 bridgehead atoms. The summed E-state index contributed by atoms with van der Waals surface area (Å²) < 4.78 is 5.25. The summed E-state index contributed by atoms with van der Waals surface area (Å²) in [5, 5.41) is 12.7. The first-order chi connectivity index (χ1) is 13.2. The van der Waals surface area contributed by atoms with Crippen molar-refractivity contribution < 1.29 is 19.4 Å². The topological polar surface area (TPSA) is 76.0 Å². The highest BCUT2D eigenvalue weighted by atomic mass is 32.1. The zero-order valence-corrected chi connectivity index (χ0v) is 18.0. The van der Waals surface area contributed by atoms with Crippen molar-refractivity contribution >= 4 is 45.6 Å². The Morgan fingerprint density at radius 3 is 2.75 bits per heavy atom. The number of carbonyl (C=O) groups excluding carboxylic acids is 2. The third kappa shape index (κ3) is 4.10. The van der Waals surface area contributed by atoms with Gasteiger partial charge in [-0.05, 0) is 30.7 Å². The Morgan fingerprint density at radius 2 is 2.14 bits per heavy atom. The largest absolute Gasteiger partial charge is 0.511 e. The van der Waals surface area contributed by atoms with Crippen molar-refractivity contribution in [2.75, 3.05) is 6.61 Å². The second-order valence-electron chi connectivity index (χ2n) is 7.47. The van der Waals surface area contributed by atoms with Crippen molar-refractivity contribution in [2.45, 2.75) is 40.5 Å². The molecular weight excluding hydrogens is 394 g/mol. The number of Topliss-reactive ketones (excluding diaryl/α,β-unsaturated/α-hetero) is 1. The summed E-state index contributed by atoms with van der Waals surface area (Å²) in [6.07, 6.45) is 2.17. The van der Waals surface area contributed by atoms with Gasteiger partial charge >= 0.3 is 5.97 Å². The molecule has 0 aromatic carbocycles. The summed E-state index contributed by atoms with van der Waals surface area (Å²) in [6.45, 7) is 7.86. The molecule has 28 heavy (non-hydrogen) atoms. The molecule has 5 nitrogen and oxygen atoms in total. The van der Waals surface area contributed by atoms with Crippen molar-refractivity contribution in [1.29, 1.82) is 0 Å². The van der Waals surface area contributed by atoms with Gasteiger partial charge in [-0.25, -0.2) is 9.79 Å². The van der Waals surface area contributed by atoms with Gasteiger partial charge in [0.2, 0.25) is 0 Å². The summed E-state index contributed by atoms with van der Waals surface area (Å²) in [5.41, 5.74) is 1.19. The number of aliphatic hydroxyl groups excluding tert-OH is 1. The minimum Gasteiger partial charge on any atom is -0.511 e. The molecule has 2 aromatic rings. The number of esters is 1. The van der Waals surface area contributed by atoms with Crippen LogP contribution in [0.2, 0.25) is 0 Å². The molecule has 0 saturated heterocycles. The van der Waals surface area contributed by atoms with Crippen molar-refractivity contribution in [3.8, 4) is 10.4 Å². The van der Waals surface area contributed by atoms with Crippen molar-refractivity contribution in [3.05, 3.63) is 39.3 Å². The first-order valence-corrected chi connectivity index (χ1v) is 10.8. The number of thiophene rings is 2. The van der Waals surface area contributed by atoms with Crippen LogP contribution in [0.1, 0.15) is 48.8 Å². The molecule has 0 spiro atoms. The monoisotopic (exact) mass is 417 g/mol. The lowest BCUT2D eigenvalue weighted by Crippen LogP contribution is -2.26. The fourth-order valence-electron chi connectivity index (χ4n) is 3.30. The summed E-state index contributed by atoms with van der Waals surface area (Å²) in [6, 6.07) is 3.89. The van der Waals surface area contributed by atoms with Gasteiger partial charge in [0.1, 0.15) is 16.3 Å². The molecule has 0 radical (unpaired) electrons. The quantitative estimate of drug-likeness (QED) is 0.488. The molecule has 0 amide bonds. The molecule has 2 aromatic heterocycles. The third-order valence-electron chi connectivity index (χ3n) is 4.52. The summed E-state index contributed by atoms with van der Waals surface area (Å²) in [7, 11) is 0. The van der Waals surface area contributed by atoms with E-state index in [9.17, 15) is 14.7 Å². The van der Waals surface area contributed by atoms with Gasteiger partial charge in [-0.2, -0.15) is 0 Å². The van der Waals surface area contributed by atoms with E-state index in [0.717, 1.165) is 15.3 Å². The van der Waals surface area contributed by atoms with E-state index in [1.54, 1.807) is 18.3 Å². The summed E-state index contributed by atoms with van der Waals surface area (Å²) >= 11 is 2.92. The standard InChI is InChI=1S/C21H23NO4S2/c1-5-26-20(25)18-17(16-7-6-8-27-16)12(2)28-19(18)22-11-13-14(23)9-21(3,4)10-15(13)24/h6-8,11,23H,5,9-10H2,1-4H3. The molecule has 0 aliphatic heterocycles. The predicted octanol–water partition coefficient (Wildman–Crippen LogP) is 5.87. The average molecular weight is 418 g/mol. The highest BCUT2D eigenvalue weighted by molar-refractivity contribution is 7.18. The normalized spacial score (nSPS) is 16.8. The Labute approximate surface area is 172 Å². The SMILES string of the molecule is CCOC(=O)c1c(N=CC2=C(O)CC(C)(C)CC2=O)sc(C)c1-c1cccs1. The van der Waals surface area contributed by atoms with Gasteiger partial charge in [0.25, 0.3) is 0 Å². The number of rotatable bonds is 5. The summed E-state index contributed by atoms with van der Waals surface area (Å²) in [4.78, 5) is 31.4. The van der Waals surface area contributed by atoms with E-state index in [4.69, 9.17) is 4.74 Å². The molecule has 1 N–H and O–H groups in total. The predicted molar refractivity (Wildman–Crippen MR) is 114 cm³/mol. The number of allylic oxidation sites excluding steroid dienone is 2. The van der Waals surface area contributed by atoms with Crippen LogP contribution in [0.25, 0.3) is 10.4 Å². The maximum atomic E-state index is 12.6. The van der Waals surface area contributed by atoms with Crippen LogP contribution in [0.5, 0.6) is 0 Å². The smallest absolute Gasteiger partial charge is 0.341 e. The van der Waals surface area contributed by atoms with E-state index in [1.807, 2.05) is 38.3 Å². The minimum absolute atomic E-state index is 0.0504. The number of ether oxygens (including phenoxy) is 1. The maximum absolute atomic E-state index is 12.6. The number of aliphatic hydroxyl groups is 1. The van der Waals surface area contributed by atoms with E-state index in [2.05, 4.69) is 4.99 Å². The molecule has 1 aliphatic rings. The summed E-state index contributed by atoms with van der Waals surface area (Å²) in [5.74, 6) is -0.520. The number of nitrogens with zero attached hydrogens (tertiary/aromatic N) is 1. The number of ketones is 1. The molecule has 3 rings (SSSR count). The average Bonchev–Trinajstić information content (AvgIpc) is 3.20. The zero-order chi connectivity index (χ0) is 20.5. The molecule has 0 saturated carbocycles. The molecule has 0 fully saturated rings. The molecule has 0 unspecified atom stereocenters. The van der Waals surface area contributed by atoms with Crippen LogP contribution in [0.4, 0.5) is 5.00 Å². The lowest BCUT2D eigenvalue weighted by molar-refractivity contribution is -0.117. The van der Waals surface area contributed by atoms with Gasteiger partial charge in [-0.15, -0.1) is 22.7 Å². The molecular formula is C21H23NO4S2. The van der Waals surface area contributed by atoms with E-state index in [-0.39, 0.29) is 29.1 Å². The van der Waals surface area contributed by atoms with E-state index in [1.165, 1.54) is 17.6 Å². The fraction of sp³-hybridized carbons (Fsp3) is 0.381. The van der Waals surface area contributed by atoms with E-state index >= 15 is 0 Å². The van der Waals surface area contributed by atoms with Gasteiger partial charge in [0.05, 0.1) is 12.2 Å². The van der Waals surface area contributed by atoms with Crippen molar-refractivity contribution in [3.63, 3.8) is 0 Å². The Hall–Kier alpha value is -2.25. The lowest BCUT2D eigenvalue weighted by Gasteiger charge is -2.28. The Morgan fingerprint density at radius 1 is 1.39 bits per heavy atom. The lowest BCUT2D eigenvalue weighted by atomic mass is 9.77. The highest BCUT2D eigenvalue weighted by Crippen LogP contribution is 2.43. The second kappa shape index (κ2) is 8.01. The number of hydrogen-bond donors (Lipinski definition) is 1. The first kappa shape index (κ1) is 20.5. The van der Waals surface area contributed by atoms with Crippen LogP contribution in [0, 0.1) is 12.3 Å². The number of aryl methyl sites for hydroxylation is 1. The number of aliphatic imine (C=N–C) groups is 1. The van der Waals surface area contributed by atoms with E-state index < -0.39 is 5.97 Å². The van der Waals surface area contributed by atoms with Gasteiger partial charge in [0, 0.05) is 34.4 Å². The Balaban J connectivity index is 2.05. The second-order valence-corrected chi connectivity index (χ2v) is 9.62. The highest BCUT2D eigenvalue weighted by Gasteiger charge is 2.32. The fourth-order valence-corrected chi connectivity index (χ4v) is 5.20. The maximum Gasteiger partial charge on any atom is 0.341 e. The molecule has 2 heterocycles. The van der Waals surface area contributed by atoms with Gasteiger partial charge in [0.15, 0.2) is 5.78 Å². The van der Waals surface area contributed by atoms with Crippen LogP contribution >= 0.6 is 22.7 Å². The first-order valence-electron chi connectivity index (χ1n) is 9.07. The van der Waals surface area contributed by atoms with Crippen LogP contribution < -0.4 is 0 Å². The zero-order valence-electron chi connectivity index (χ0n) is 16.4.